The van der Waals surface area contributed by atoms with Crippen molar-refractivity contribution in [3.63, 3.8) is 0 Å². The SMILES string of the molecule is OC[C@@H]1[C@H](CO)[C@]2(Cl)C(Cl)=C(Cl)[C@@]1(Cl)C2(Cl)Cl. The molecule has 98 valence electrons. The van der Waals surface area contributed by atoms with E-state index in [1.165, 1.54) is 0 Å². The predicted octanol–water partition coefficient (Wildman–Crippen LogP) is 3.05. The molecule has 0 amide bonds. The molecule has 0 aromatic rings. The molecular weight excluding hydrogens is 353 g/mol. The van der Waals surface area contributed by atoms with Crippen LogP contribution in [0.1, 0.15) is 0 Å². The van der Waals surface area contributed by atoms with Gasteiger partial charge in [0.1, 0.15) is 9.75 Å². The zero-order valence-corrected chi connectivity index (χ0v) is 12.8. The fourth-order valence-electron chi connectivity index (χ4n) is 2.71. The zero-order chi connectivity index (χ0) is 13.2. The van der Waals surface area contributed by atoms with Crippen LogP contribution in [-0.2, 0) is 0 Å². The molecule has 2 N–H and O–H groups in total. The smallest absolute Gasteiger partial charge is 0.167 e. The van der Waals surface area contributed by atoms with Crippen molar-refractivity contribution in [3.05, 3.63) is 10.1 Å². The van der Waals surface area contributed by atoms with Crippen molar-refractivity contribution in [2.24, 2.45) is 11.8 Å². The largest absolute Gasteiger partial charge is 0.396 e. The number of aliphatic hydroxyl groups is 2. The molecule has 1 saturated carbocycles. The van der Waals surface area contributed by atoms with E-state index in [1.807, 2.05) is 0 Å². The predicted molar refractivity (Wildman–Crippen MR) is 71.5 cm³/mol. The highest BCUT2D eigenvalue weighted by Crippen LogP contribution is 2.75. The number of alkyl halides is 4. The van der Waals surface area contributed by atoms with Crippen LogP contribution in [0.3, 0.4) is 0 Å². The Morgan fingerprint density at radius 3 is 1.35 bits per heavy atom. The van der Waals surface area contributed by atoms with E-state index in [2.05, 4.69) is 0 Å². The first-order chi connectivity index (χ1) is 7.71. The molecule has 0 spiro atoms. The van der Waals surface area contributed by atoms with E-state index < -0.39 is 25.9 Å². The van der Waals surface area contributed by atoms with Crippen LogP contribution in [0.5, 0.6) is 0 Å². The number of allylic oxidation sites excluding steroid dienone is 2. The number of aliphatic hydroxyl groups excluding tert-OH is 2. The van der Waals surface area contributed by atoms with Crippen molar-refractivity contribution in [1.29, 1.82) is 0 Å². The van der Waals surface area contributed by atoms with Gasteiger partial charge in [0.05, 0.1) is 10.1 Å². The van der Waals surface area contributed by atoms with E-state index in [4.69, 9.17) is 69.6 Å². The van der Waals surface area contributed by atoms with Gasteiger partial charge in [0.15, 0.2) is 4.33 Å². The van der Waals surface area contributed by atoms with Crippen molar-refractivity contribution >= 4 is 69.6 Å². The van der Waals surface area contributed by atoms with Gasteiger partial charge >= 0.3 is 0 Å². The topological polar surface area (TPSA) is 40.5 Å². The zero-order valence-electron chi connectivity index (χ0n) is 8.23. The normalized spacial score (nSPS) is 48.0. The molecule has 2 nitrogen and oxygen atoms in total. The minimum absolute atomic E-state index is 0.0320. The standard InChI is InChI=1S/C9H8Cl6O2/c10-5-6(11)8(13)4(2-17)3(1-16)7(5,12)9(8,14)15/h3-4,16-17H,1-2H2/t3-,4+,7-,8+. The first-order valence-corrected chi connectivity index (χ1v) is 7.01. The van der Waals surface area contributed by atoms with Crippen LogP contribution >= 0.6 is 69.6 Å². The molecule has 2 rings (SSSR count). The van der Waals surface area contributed by atoms with E-state index in [0.29, 0.717) is 0 Å². The average molecular weight is 361 g/mol. The molecule has 17 heavy (non-hydrogen) atoms. The van der Waals surface area contributed by atoms with Crippen molar-refractivity contribution in [2.45, 2.75) is 14.1 Å². The summed E-state index contributed by atoms with van der Waals surface area (Å²) in [5.41, 5.74) is 0. The summed E-state index contributed by atoms with van der Waals surface area (Å²) in [5.74, 6) is -1.34. The van der Waals surface area contributed by atoms with E-state index in [-0.39, 0.29) is 23.3 Å². The van der Waals surface area contributed by atoms with Gasteiger partial charge in [-0.3, -0.25) is 0 Å². The summed E-state index contributed by atoms with van der Waals surface area (Å²) in [4.78, 5) is -2.97. The molecule has 1 fully saturated rings. The van der Waals surface area contributed by atoms with E-state index in [9.17, 15) is 10.2 Å². The Morgan fingerprint density at radius 2 is 1.12 bits per heavy atom. The van der Waals surface area contributed by atoms with Gasteiger partial charge in [0, 0.05) is 25.0 Å². The Balaban J connectivity index is 2.72. The summed E-state index contributed by atoms with van der Waals surface area (Å²) in [6, 6.07) is 0. The number of hydrogen-bond acceptors (Lipinski definition) is 2. The summed E-state index contributed by atoms with van der Waals surface area (Å²) < 4.78 is -1.70. The average Bonchev–Trinajstić information content (AvgIpc) is 2.48. The third kappa shape index (κ3) is 1.34. The third-order valence-electron chi connectivity index (χ3n) is 3.65. The maximum absolute atomic E-state index is 9.41. The van der Waals surface area contributed by atoms with Crippen LogP contribution in [0.2, 0.25) is 0 Å². The lowest BCUT2D eigenvalue weighted by Gasteiger charge is -2.34. The summed E-state index contributed by atoms with van der Waals surface area (Å²) in [5, 5.41) is 18.9. The minimum atomic E-state index is -1.70. The lowest BCUT2D eigenvalue weighted by atomic mass is 9.83. The molecular formula is C9H8Cl6O2. The summed E-state index contributed by atoms with van der Waals surface area (Å²) >= 11 is 37.3. The maximum Gasteiger partial charge on any atom is 0.167 e. The summed E-state index contributed by atoms with van der Waals surface area (Å²) in [7, 11) is 0. The minimum Gasteiger partial charge on any atom is -0.396 e. The first-order valence-electron chi connectivity index (χ1n) is 4.74. The third-order valence-corrected chi connectivity index (χ3v) is 8.00. The van der Waals surface area contributed by atoms with Gasteiger partial charge in [-0.2, -0.15) is 0 Å². The highest BCUT2D eigenvalue weighted by atomic mass is 35.5. The van der Waals surface area contributed by atoms with Gasteiger partial charge in [0.2, 0.25) is 0 Å². The van der Waals surface area contributed by atoms with Gasteiger partial charge in [-0.05, 0) is 0 Å². The van der Waals surface area contributed by atoms with Gasteiger partial charge in [-0.1, -0.05) is 46.4 Å². The Morgan fingerprint density at radius 1 is 0.824 bits per heavy atom. The van der Waals surface area contributed by atoms with Gasteiger partial charge < -0.3 is 10.2 Å². The number of hydrogen-bond donors (Lipinski definition) is 2. The van der Waals surface area contributed by atoms with Crippen molar-refractivity contribution in [1.82, 2.24) is 0 Å². The van der Waals surface area contributed by atoms with Crippen LogP contribution in [0.25, 0.3) is 0 Å². The number of halogens is 6. The fourth-order valence-corrected chi connectivity index (χ4v) is 5.78. The Labute approximate surface area is 128 Å². The molecule has 0 unspecified atom stereocenters. The van der Waals surface area contributed by atoms with Gasteiger partial charge in [-0.25, -0.2) is 0 Å². The number of rotatable bonds is 2. The monoisotopic (exact) mass is 358 g/mol. The molecule has 2 aliphatic carbocycles. The second-order valence-electron chi connectivity index (χ2n) is 4.20. The fraction of sp³-hybridized carbons (Fsp3) is 0.778. The molecule has 2 bridgehead atoms. The maximum atomic E-state index is 9.41. The molecule has 0 aliphatic heterocycles. The molecule has 0 saturated heterocycles. The summed E-state index contributed by atoms with van der Waals surface area (Å²) in [6.45, 7) is -0.713. The van der Waals surface area contributed by atoms with Crippen LogP contribution in [0, 0.1) is 11.8 Å². The highest BCUT2D eigenvalue weighted by molar-refractivity contribution is 6.65. The first kappa shape index (κ1) is 14.8. The summed E-state index contributed by atoms with van der Waals surface area (Å²) in [6.07, 6.45) is 0. The van der Waals surface area contributed by atoms with Crippen molar-refractivity contribution in [3.8, 4) is 0 Å². The molecule has 8 heteroatoms. The van der Waals surface area contributed by atoms with Crippen molar-refractivity contribution in [2.75, 3.05) is 13.2 Å². The second kappa shape index (κ2) is 4.20. The van der Waals surface area contributed by atoms with Crippen molar-refractivity contribution < 1.29 is 10.2 Å². The lowest BCUT2D eigenvalue weighted by molar-refractivity contribution is 0.120. The van der Waals surface area contributed by atoms with E-state index in [1.54, 1.807) is 0 Å². The van der Waals surface area contributed by atoms with Crippen LogP contribution in [0.15, 0.2) is 10.1 Å². The van der Waals surface area contributed by atoms with Crippen LogP contribution < -0.4 is 0 Å². The van der Waals surface area contributed by atoms with E-state index >= 15 is 0 Å². The molecule has 0 aromatic carbocycles. The lowest BCUT2D eigenvalue weighted by Crippen LogP contribution is -2.45. The second-order valence-corrected chi connectivity index (χ2v) is 7.48. The molecule has 4 atom stereocenters. The van der Waals surface area contributed by atoms with Gasteiger partial charge in [-0.15, -0.1) is 23.2 Å². The number of fused-ring (bicyclic) bond motifs is 2. The molecule has 0 heterocycles. The Bertz CT molecular complexity index is 363. The molecule has 0 radical (unpaired) electrons. The van der Waals surface area contributed by atoms with Crippen LogP contribution in [0.4, 0.5) is 0 Å². The molecule has 2 aliphatic rings. The van der Waals surface area contributed by atoms with Gasteiger partial charge in [0.25, 0.3) is 0 Å². The quantitative estimate of drug-likeness (QED) is 0.743. The Kier molecular flexibility index (Phi) is 3.65. The highest BCUT2D eigenvalue weighted by Gasteiger charge is 2.81. The molecule has 0 aromatic heterocycles. The Hall–Kier alpha value is 1.40. The van der Waals surface area contributed by atoms with Crippen LogP contribution in [-0.4, -0.2) is 37.5 Å². The van der Waals surface area contributed by atoms with E-state index in [0.717, 1.165) is 0 Å².